The molecule has 25 heavy (non-hydrogen) atoms. The number of hydrogen-bond donors (Lipinski definition) is 3. The van der Waals surface area contributed by atoms with Crippen LogP contribution < -0.4 is 16.0 Å². The monoisotopic (exact) mass is 342 g/mol. The molecule has 0 atom stereocenters. The summed E-state index contributed by atoms with van der Waals surface area (Å²) in [5.41, 5.74) is 1.77. The van der Waals surface area contributed by atoms with Crippen molar-refractivity contribution in [1.82, 2.24) is 25.5 Å². The molecule has 1 heterocycles. The first-order valence-corrected chi connectivity index (χ1v) is 8.52. The molecule has 0 fully saturated rings. The summed E-state index contributed by atoms with van der Waals surface area (Å²) in [6.45, 7) is 5.10. The molecule has 0 saturated carbocycles. The number of benzene rings is 1. The molecule has 0 aliphatic carbocycles. The largest absolute Gasteiger partial charge is 0.357 e. The molecule has 7 nitrogen and oxygen atoms in total. The van der Waals surface area contributed by atoms with E-state index in [4.69, 9.17) is 0 Å². The minimum Gasteiger partial charge on any atom is -0.357 e. The van der Waals surface area contributed by atoms with E-state index in [1.54, 1.807) is 19.6 Å². The van der Waals surface area contributed by atoms with E-state index in [2.05, 4.69) is 25.9 Å². The highest BCUT2D eigenvalue weighted by molar-refractivity contribution is 5.94. The van der Waals surface area contributed by atoms with Gasteiger partial charge in [-0.25, -0.2) is 4.98 Å². The van der Waals surface area contributed by atoms with Gasteiger partial charge in [0.1, 0.15) is 0 Å². The van der Waals surface area contributed by atoms with E-state index in [0.717, 1.165) is 37.6 Å². The lowest BCUT2D eigenvalue weighted by Gasteiger charge is -2.11. The van der Waals surface area contributed by atoms with Crippen molar-refractivity contribution in [3.8, 4) is 0 Å². The zero-order valence-electron chi connectivity index (χ0n) is 14.8. The molecular weight excluding hydrogens is 316 g/mol. The summed E-state index contributed by atoms with van der Waals surface area (Å²) in [6.07, 6.45) is 6.28. The standard InChI is InChI=1S/C18H26N6O/c1-3-21-18(23-10-12-24-11-9-20-14-24)22-8-7-15-5-4-6-16(13-15)17(25)19-2/h4-6,9,11,13-14H,3,7-8,10,12H2,1-2H3,(H,19,25)(H2,21,22,23). The Bertz CT molecular complexity index is 681. The molecule has 0 saturated heterocycles. The van der Waals surface area contributed by atoms with Crippen LogP contribution in [-0.4, -0.2) is 48.1 Å². The minimum atomic E-state index is -0.0696. The summed E-state index contributed by atoms with van der Waals surface area (Å²) in [7, 11) is 1.64. The van der Waals surface area contributed by atoms with Crippen LogP contribution in [0.1, 0.15) is 22.8 Å². The highest BCUT2D eigenvalue weighted by Gasteiger charge is 2.03. The molecule has 0 radical (unpaired) electrons. The Morgan fingerprint density at radius 2 is 2.20 bits per heavy atom. The van der Waals surface area contributed by atoms with Crippen molar-refractivity contribution in [2.75, 3.05) is 26.7 Å². The van der Waals surface area contributed by atoms with Crippen molar-refractivity contribution in [3.05, 3.63) is 54.1 Å². The Labute approximate surface area is 148 Å². The second kappa shape index (κ2) is 10.1. The molecule has 2 rings (SSSR count). The van der Waals surface area contributed by atoms with Crippen molar-refractivity contribution in [2.24, 2.45) is 4.99 Å². The van der Waals surface area contributed by atoms with Crippen LogP contribution >= 0.6 is 0 Å². The van der Waals surface area contributed by atoms with E-state index in [9.17, 15) is 4.79 Å². The van der Waals surface area contributed by atoms with Gasteiger partial charge in [-0.1, -0.05) is 12.1 Å². The molecule has 1 aromatic heterocycles. The molecule has 0 bridgehead atoms. The fourth-order valence-corrected chi connectivity index (χ4v) is 2.37. The first-order valence-electron chi connectivity index (χ1n) is 8.52. The number of nitrogens with zero attached hydrogens (tertiary/aromatic N) is 3. The lowest BCUT2D eigenvalue weighted by Crippen LogP contribution is -2.39. The summed E-state index contributed by atoms with van der Waals surface area (Å²) in [6, 6.07) is 7.64. The number of guanidine groups is 1. The van der Waals surface area contributed by atoms with Gasteiger partial charge in [-0.15, -0.1) is 0 Å². The van der Waals surface area contributed by atoms with E-state index in [0.29, 0.717) is 12.1 Å². The highest BCUT2D eigenvalue weighted by Crippen LogP contribution is 2.06. The quantitative estimate of drug-likeness (QED) is 0.494. The van der Waals surface area contributed by atoms with E-state index < -0.39 is 0 Å². The lowest BCUT2D eigenvalue weighted by atomic mass is 10.1. The van der Waals surface area contributed by atoms with Crippen LogP contribution in [-0.2, 0) is 13.0 Å². The third-order valence-electron chi connectivity index (χ3n) is 3.65. The molecule has 0 unspecified atom stereocenters. The molecule has 1 aromatic carbocycles. The average molecular weight is 342 g/mol. The van der Waals surface area contributed by atoms with Crippen molar-refractivity contribution in [2.45, 2.75) is 19.9 Å². The Morgan fingerprint density at radius 3 is 2.92 bits per heavy atom. The second-order valence-electron chi connectivity index (χ2n) is 5.52. The van der Waals surface area contributed by atoms with Gasteiger partial charge >= 0.3 is 0 Å². The summed E-state index contributed by atoms with van der Waals surface area (Å²) in [5.74, 6) is 0.727. The zero-order chi connectivity index (χ0) is 17.9. The van der Waals surface area contributed by atoms with Crippen molar-refractivity contribution >= 4 is 11.9 Å². The van der Waals surface area contributed by atoms with Crippen molar-refractivity contribution in [3.63, 3.8) is 0 Å². The summed E-state index contributed by atoms with van der Waals surface area (Å²) < 4.78 is 2.01. The van der Waals surface area contributed by atoms with Gasteiger partial charge in [0.15, 0.2) is 5.96 Å². The fraction of sp³-hybridized carbons (Fsp3) is 0.389. The normalized spacial score (nSPS) is 11.2. The molecule has 3 N–H and O–H groups in total. The van der Waals surface area contributed by atoms with Crippen LogP contribution in [0.4, 0.5) is 0 Å². The van der Waals surface area contributed by atoms with E-state index in [1.165, 1.54) is 0 Å². The number of aromatic nitrogens is 2. The molecule has 0 aliphatic rings. The Kier molecular flexibility index (Phi) is 7.49. The number of carbonyl (C=O) groups is 1. The number of aliphatic imine (C=N–C) groups is 1. The number of nitrogens with one attached hydrogen (secondary N) is 3. The van der Waals surface area contributed by atoms with E-state index in [-0.39, 0.29) is 5.91 Å². The topological polar surface area (TPSA) is 83.3 Å². The summed E-state index contributed by atoms with van der Waals surface area (Å²) in [4.78, 5) is 20.3. The van der Waals surface area contributed by atoms with Crippen LogP contribution in [0.2, 0.25) is 0 Å². The lowest BCUT2D eigenvalue weighted by molar-refractivity contribution is 0.0963. The van der Waals surface area contributed by atoms with Crippen LogP contribution in [0.3, 0.4) is 0 Å². The van der Waals surface area contributed by atoms with Gasteiger partial charge in [0, 0.05) is 51.2 Å². The third kappa shape index (κ3) is 6.29. The van der Waals surface area contributed by atoms with Crippen molar-refractivity contribution in [1.29, 1.82) is 0 Å². The molecule has 0 spiro atoms. The Hall–Kier alpha value is -2.83. The molecule has 7 heteroatoms. The number of hydrogen-bond acceptors (Lipinski definition) is 3. The highest BCUT2D eigenvalue weighted by atomic mass is 16.1. The van der Waals surface area contributed by atoms with Crippen molar-refractivity contribution < 1.29 is 4.79 Å². The van der Waals surface area contributed by atoms with Gasteiger partial charge < -0.3 is 20.5 Å². The predicted octanol–water partition coefficient (Wildman–Crippen LogP) is 1.04. The number of rotatable bonds is 8. The van der Waals surface area contributed by atoms with Gasteiger partial charge in [0.25, 0.3) is 5.91 Å². The first-order chi connectivity index (χ1) is 12.2. The van der Waals surface area contributed by atoms with Gasteiger partial charge in [0.05, 0.1) is 6.33 Å². The summed E-state index contributed by atoms with van der Waals surface area (Å²) in [5, 5.41) is 9.19. The minimum absolute atomic E-state index is 0.0696. The van der Waals surface area contributed by atoms with Gasteiger partial charge in [-0.2, -0.15) is 0 Å². The number of amides is 1. The maximum absolute atomic E-state index is 11.7. The van der Waals surface area contributed by atoms with Crippen LogP contribution in [0.5, 0.6) is 0 Å². The maximum atomic E-state index is 11.7. The Morgan fingerprint density at radius 1 is 1.32 bits per heavy atom. The van der Waals surface area contributed by atoms with E-state index >= 15 is 0 Å². The van der Waals surface area contributed by atoms with Crippen LogP contribution in [0.15, 0.2) is 48.0 Å². The smallest absolute Gasteiger partial charge is 0.251 e. The third-order valence-corrected chi connectivity index (χ3v) is 3.65. The number of imidazole rings is 1. The Balaban J connectivity index is 1.84. The molecule has 1 amide bonds. The maximum Gasteiger partial charge on any atom is 0.251 e. The SMILES string of the molecule is CCNC(=NCCc1cccc(C(=O)NC)c1)NCCn1ccnc1. The summed E-state index contributed by atoms with van der Waals surface area (Å²) >= 11 is 0. The second-order valence-corrected chi connectivity index (χ2v) is 5.52. The van der Waals surface area contributed by atoms with Gasteiger partial charge in [0.2, 0.25) is 0 Å². The van der Waals surface area contributed by atoms with Gasteiger partial charge in [-0.05, 0) is 31.0 Å². The van der Waals surface area contributed by atoms with Crippen LogP contribution in [0, 0.1) is 0 Å². The molecule has 0 aliphatic heterocycles. The average Bonchev–Trinajstić information content (AvgIpc) is 3.15. The predicted molar refractivity (Wildman–Crippen MR) is 99.7 cm³/mol. The fourth-order valence-electron chi connectivity index (χ4n) is 2.37. The number of carbonyl (C=O) groups excluding carboxylic acids is 1. The van der Waals surface area contributed by atoms with Crippen LogP contribution in [0.25, 0.3) is 0 Å². The molecule has 134 valence electrons. The first kappa shape index (κ1) is 18.5. The van der Waals surface area contributed by atoms with E-state index in [1.807, 2.05) is 42.0 Å². The molecule has 2 aromatic rings. The zero-order valence-corrected chi connectivity index (χ0v) is 14.8. The molecular formula is C18H26N6O. The van der Waals surface area contributed by atoms with Gasteiger partial charge in [-0.3, -0.25) is 9.79 Å².